The van der Waals surface area contributed by atoms with Crippen molar-refractivity contribution < 1.29 is 0 Å². The zero-order chi connectivity index (χ0) is 41.5. The van der Waals surface area contributed by atoms with E-state index in [1.807, 2.05) is 0 Å². The van der Waals surface area contributed by atoms with Gasteiger partial charge in [-0.05, 0) is 116 Å². The van der Waals surface area contributed by atoms with Gasteiger partial charge in [0.15, 0.2) is 0 Å². The van der Waals surface area contributed by atoms with E-state index in [9.17, 15) is 0 Å². The number of hydrogen-bond acceptors (Lipinski definition) is 1. The van der Waals surface area contributed by atoms with E-state index >= 15 is 0 Å². The Morgan fingerprint density at radius 2 is 0.794 bits per heavy atom. The number of para-hydroxylation sites is 2. The molecule has 0 saturated heterocycles. The highest BCUT2D eigenvalue weighted by atomic mass is 15.1. The van der Waals surface area contributed by atoms with Gasteiger partial charge in [0, 0.05) is 33.4 Å². The van der Waals surface area contributed by atoms with Crippen molar-refractivity contribution in [1.29, 1.82) is 0 Å². The minimum Gasteiger partial charge on any atom is -0.310 e. The summed E-state index contributed by atoms with van der Waals surface area (Å²) < 4.78 is 2.39. The molecule has 2 aliphatic rings. The molecule has 13 rings (SSSR count). The van der Waals surface area contributed by atoms with E-state index in [0.717, 1.165) is 22.7 Å². The maximum Gasteiger partial charge on any atom is 0.0726 e. The van der Waals surface area contributed by atoms with Gasteiger partial charge < -0.3 is 9.47 Å². The van der Waals surface area contributed by atoms with E-state index in [0.29, 0.717) is 0 Å². The van der Waals surface area contributed by atoms with Crippen LogP contribution in [0.5, 0.6) is 0 Å². The van der Waals surface area contributed by atoms with Crippen LogP contribution in [0.3, 0.4) is 0 Å². The molecule has 2 aliphatic carbocycles. The van der Waals surface area contributed by atoms with Gasteiger partial charge in [0.1, 0.15) is 0 Å². The van der Waals surface area contributed by atoms with Crippen LogP contribution >= 0.6 is 0 Å². The largest absolute Gasteiger partial charge is 0.310 e. The highest BCUT2D eigenvalue weighted by molar-refractivity contribution is 6.10. The molecule has 1 heterocycles. The molecular formula is C61H40N2. The maximum atomic E-state index is 2.47. The first-order valence-corrected chi connectivity index (χ1v) is 21.8. The Kier molecular flexibility index (Phi) is 7.85. The highest BCUT2D eigenvalue weighted by Gasteiger charge is 2.52. The van der Waals surface area contributed by atoms with Gasteiger partial charge in [0.05, 0.1) is 22.1 Å². The third-order valence-corrected chi connectivity index (χ3v) is 13.6. The molecule has 0 saturated carbocycles. The number of nitrogens with zero attached hydrogens (tertiary/aromatic N) is 2. The van der Waals surface area contributed by atoms with Crippen molar-refractivity contribution in [2.75, 3.05) is 4.90 Å². The molecule has 0 aliphatic heterocycles. The van der Waals surface area contributed by atoms with Crippen LogP contribution < -0.4 is 4.90 Å². The molecule has 0 unspecified atom stereocenters. The molecule has 0 amide bonds. The number of benzene rings is 10. The fourth-order valence-corrected chi connectivity index (χ4v) is 11.0. The first kappa shape index (κ1) is 35.5. The number of fused-ring (bicyclic) bond motifs is 13. The van der Waals surface area contributed by atoms with E-state index in [1.54, 1.807) is 0 Å². The quantitative estimate of drug-likeness (QED) is 0.163. The Morgan fingerprint density at radius 3 is 1.46 bits per heavy atom. The molecule has 294 valence electrons. The summed E-state index contributed by atoms with van der Waals surface area (Å²) in [7, 11) is 0. The Morgan fingerprint density at radius 1 is 0.317 bits per heavy atom. The lowest BCUT2D eigenvalue weighted by atomic mass is 9.70. The number of hydrogen-bond donors (Lipinski definition) is 0. The average molecular weight is 801 g/mol. The fourth-order valence-electron chi connectivity index (χ4n) is 11.0. The molecule has 0 fully saturated rings. The molecular weight excluding hydrogens is 761 g/mol. The molecule has 0 bridgehead atoms. The first-order valence-electron chi connectivity index (χ1n) is 21.8. The lowest BCUT2D eigenvalue weighted by Crippen LogP contribution is -2.26. The van der Waals surface area contributed by atoms with Crippen LogP contribution in [0.15, 0.2) is 243 Å². The van der Waals surface area contributed by atoms with E-state index in [-0.39, 0.29) is 0 Å². The van der Waals surface area contributed by atoms with Crippen molar-refractivity contribution in [2.24, 2.45) is 0 Å². The maximum absolute atomic E-state index is 2.47. The molecule has 0 radical (unpaired) electrons. The molecule has 2 nitrogen and oxygen atoms in total. The third-order valence-electron chi connectivity index (χ3n) is 13.6. The van der Waals surface area contributed by atoms with Crippen LogP contribution in [0.2, 0.25) is 0 Å². The van der Waals surface area contributed by atoms with Crippen molar-refractivity contribution in [1.82, 2.24) is 4.57 Å². The Bertz CT molecular complexity index is 3500. The van der Waals surface area contributed by atoms with Gasteiger partial charge in [-0.1, -0.05) is 188 Å². The summed E-state index contributed by atoms with van der Waals surface area (Å²) in [6.07, 6.45) is 0. The Balaban J connectivity index is 0.997. The SMILES string of the molecule is c1ccc(-c2ccc(N(c3ccc(-c4ccc5c6ccccc6n(-c6ccccc6)c5c4)cc3)c3cccc4c3-c3ccccc3C43c4ccccc4-c4ccccc43)cc2)cc1. The standard InChI is InChI=1S/C61H40N2/c1-3-16-41(17-4-1)42-30-35-46(36-31-42)62(47-37-32-43(33-38-47)44-34-39-51-50-22-10-14-28-57(50)63(59(51)40-44)45-18-5-2-6-19-45)58-29-15-27-56-60(58)52-23-9-13-26-55(52)61(56)53-24-11-7-20-48(53)49-21-8-12-25-54(49)61/h1-40H. The number of aromatic nitrogens is 1. The summed E-state index contributed by atoms with van der Waals surface area (Å²) in [6.45, 7) is 0. The minimum atomic E-state index is -0.428. The summed E-state index contributed by atoms with van der Waals surface area (Å²) >= 11 is 0. The Labute approximate surface area is 367 Å². The predicted octanol–water partition coefficient (Wildman–Crippen LogP) is 15.9. The molecule has 0 N–H and O–H groups in total. The van der Waals surface area contributed by atoms with Gasteiger partial charge in [-0.25, -0.2) is 0 Å². The minimum absolute atomic E-state index is 0.428. The summed E-state index contributed by atoms with van der Waals surface area (Å²) in [5.41, 5.74) is 21.8. The number of rotatable bonds is 6. The second kappa shape index (κ2) is 13.9. The normalized spacial score (nSPS) is 12.9. The van der Waals surface area contributed by atoms with Crippen molar-refractivity contribution >= 4 is 38.9 Å². The average Bonchev–Trinajstić information content (AvgIpc) is 3.97. The monoisotopic (exact) mass is 800 g/mol. The topological polar surface area (TPSA) is 8.17 Å². The molecule has 63 heavy (non-hydrogen) atoms. The van der Waals surface area contributed by atoms with Gasteiger partial charge in [0.2, 0.25) is 0 Å². The van der Waals surface area contributed by atoms with Crippen molar-refractivity contribution in [2.45, 2.75) is 5.41 Å². The zero-order valence-electron chi connectivity index (χ0n) is 34.5. The van der Waals surface area contributed by atoms with Crippen LogP contribution in [0, 0.1) is 0 Å². The van der Waals surface area contributed by atoms with Crippen molar-refractivity contribution in [3.63, 3.8) is 0 Å². The summed E-state index contributed by atoms with van der Waals surface area (Å²) in [5.74, 6) is 0. The van der Waals surface area contributed by atoms with E-state index in [1.165, 1.54) is 88.6 Å². The van der Waals surface area contributed by atoms with Crippen LogP contribution in [0.25, 0.3) is 72.0 Å². The molecule has 1 spiro atoms. The van der Waals surface area contributed by atoms with Crippen molar-refractivity contribution in [3.8, 4) is 50.2 Å². The second-order valence-corrected chi connectivity index (χ2v) is 16.8. The lowest BCUT2D eigenvalue weighted by Gasteiger charge is -2.32. The molecule has 1 aromatic heterocycles. The van der Waals surface area contributed by atoms with E-state index in [2.05, 4.69) is 252 Å². The van der Waals surface area contributed by atoms with E-state index < -0.39 is 5.41 Å². The van der Waals surface area contributed by atoms with Crippen LogP contribution in [0.1, 0.15) is 22.3 Å². The lowest BCUT2D eigenvalue weighted by molar-refractivity contribution is 0.794. The Hall–Kier alpha value is -8.20. The van der Waals surface area contributed by atoms with Crippen molar-refractivity contribution in [3.05, 3.63) is 265 Å². The first-order chi connectivity index (χ1) is 31.3. The fraction of sp³-hybridized carbons (Fsp3) is 0.0164. The molecule has 11 aromatic rings. The predicted molar refractivity (Wildman–Crippen MR) is 263 cm³/mol. The smallest absolute Gasteiger partial charge is 0.0726 e. The van der Waals surface area contributed by atoms with Crippen LogP contribution in [-0.4, -0.2) is 4.57 Å². The van der Waals surface area contributed by atoms with Gasteiger partial charge in [0.25, 0.3) is 0 Å². The second-order valence-electron chi connectivity index (χ2n) is 16.8. The van der Waals surface area contributed by atoms with Gasteiger partial charge >= 0.3 is 0 Å². The molecule has 2 heteroatoms. The van der Waals surface area contributed by atoms with Gasteiger partial charge in [-0.15, -0.1) is 0 Å². The summed E-state index contributed by atoms with van der Waals surface area (Å²) in [6, 6.07) is 89.4. The molecule has 0 atom stereocenters. The number of anilines is 3. The van der Waals surface area contributed by atoms with Gasteiger partial charge in [-0.2, -0.15) is 0 Å². The van der Waals surface area contributed by atoms with Gasteiger partial charge in [-0.3, -0.25) is 0 Å². The van der Waals surface area contributed by atoms with E-state index in [4.69, 9.17) is 0 Å². The third kappa shape index (κ3) is 5.19. The summed E-state index contributed by atoms with van der Waals surface area (Å²) in [4.78, 5) is 2.47. The summed E-state index contributed by atoms with van der Waals surface area (Å²) in [5, 5.41) is 2.51. The molecule has 10 aromatic carbocycles. The zero-order valence-corrected chi connectivity index (χ0v) is 34.5. The highest BCUT2D eigenvalue weighted by Crippen LogP contribution is 2.64. The van der Waals surface area contributed by atoms with Crippen LogP contribution in [0.4, 0.5) is 17.1 Å². The van der Waals surface area contributed by atoms with Crippen LogP contribution in [-0.2, 0) is 5.41 Å².